The number of quaternary nitrogens is 1. The van der Waals surface area contributed by atoms with Crippen LogP contribution < -0.4 is 10.2 Å². The molecule has 2 aromatic carbocycles. The lowest BCUT2D eigenvalue weighted by molar-refractivity contribution is -0.921. The molecule has 3 fully saturated rings. The number of fused-ring (bicyclic) bond motifs is 1. The Morgan fingerprint density at radius 2 is 1.95 bits per heavy atom. The summed E-state index contributed by atoms with van der Waals surface area (Å²) in [6.45, 7) is 5.15. The Labute approximate surface area is 219 Å². The topological polar surface area (TPSA) is 138 Å². The first-order valence-electron chi connectivity index (χ1n) is 12.7. The monoisotopic (exact) mass is 518 g/mol. The molecule has 0 bridgehead atoms. The zero-order valence-electron chi connectivity index (χ0n) is 20.7. The van der Waals surface area contributed by atoms with Gasteiger partial charge in [0.2, 0.25) is 0 Å². The molecule has 4 atom stereocenters. The molecule has 38 heavy (non-hydrogen) atoms. The molecular formula is C26H28N7O5+. The van der Waals surface area contributed by atoms with Crippen molar-refractivity contribution < 1.29 is 28.6 Å². The second kappa shape index (κ2) is 10.8. The van der Waals surface area contributed by atoms with Crippen LogP contribution in [0, 0.1) is 11.3 Å². The molecule has 1 aromatic heterocycles. The number of morpholine rings is 1. The highest BCUT2D eigenvalue weighted by Crippen LogP contribution is 2.36. The van der Waals surface area contributed by atoms with Gasteiger partial charge in [-0.3, -0.25) is 5.32 Å². The minimum Gasteiger partial charge on any atom is -0.441 e. The molecule has 2 N–H and O–H groups in total. The number of aromatic nitrogens is 4. The van der Waals surface area contributed by atoms with Gasteiger partial charge in [-0.2, -0.15) is 5.26 Å². The van der Waals surface area contributed by atoms with E-state index in [4.69, 9.17) is 24.2 Å². The van der Waals surface area contributed by atoms with Crippen LogP contribution in [0.25, 0.3) is 11.4 Å². The molecular weight excluding hydrogens is 490 g/mol. The zero-order chi connectivity index (χ0) is 25.9. The van der Waals surface area contributed by atoms with E-state index < -0.39 is 18.3 Å². The highest BCUT2D eigenvalue weighted by Gasteiger charge is 2.51. The van der Waals surface area contributed by atoms with E-state index in [-0.39, 0.29) is 18.8 Å². The number of tetrazole rings is 1. The fourth-order valence-electron chi connectivity index (χ4n) is 5.21. The van der Waals surface area contributed by atoms with E-state index in [1.54, 1.807) is 28.9 Å². The lowest BCUT2D eigenvalue weighted by Crippen LogP contribution is -3.12. The van der Waals surface area contributed by atoms with Gasteiger partial charge in [-0.25, -0.2) is 9.48 Å². The molecule has 12 heteroatoms. The average Bonchev–Trinajstić information content (AvgIpc) is 3.68. The van der Waals surface area contributed by atoms with Crippen molar-refractivity contribution in [1.82, 2.24) is 20.2 Å². The Morgan fingerprint density at radius 1 is 1.13 bits per heavy atom. The number of rotatable bonds is 6. The summed E-state index contributed by atoms with van der Waals surface area (Å²) in [5.41, 5.74) is 3.08. The Bertz CT molecular complexity index is 1320. The summed E-state index contributed by atoms with van der Waals surface area (Å²) in [7, 11) is 0. The number of nitrogens with zero attached hydrogens (tertiary/aromatic N) is 5. The number of amides is 1. The van der Waals surface area contributed by atoms with Crippen LogP contribution in [0.1, 0.15) is 17.2 Å². The number of carbonyl (C=O) groups excluding carboxylic acids is 1. The van der Waals surface area contributed by atoms with Crippen molar-refractivity contribution in [3.63, 3.8) is 0 Å². The third kappa shape index (κ3) is 5.09. The normalized spacial score (nSPS) is 25.0. The van der Waals surface area contributed by atoms with E-state index in [9.17, 15) is 4.79 Å². The number of ether oxygens (including phenoxy) is 4. The molecule has 0 unspecified atom stereocenters. The SMILES string of the molecule is N#Cc1cccc(NC(=O)O[C@@H]2CO[C@H]3[C@@H]2OC[C@@H]3n2nnnc2-c2ccc(C[NH+]3CCOCC3)cc2)c1. The number of nitrogens with one attached hydrogen (secondary N) is 2. The van der Waals surface area contributed by atoms with Gasteiger partial charge >= 0.3 is 6.09 Å². The fourth-order valence-corrected chi connectivity index (χ4v) is 5.21. The number of hydrogen-bond donors (Lipinski definition) is 2. The molecule has 196 valence electrons. The molecule has 1 amide bonds. The van der Waals surface area contributed by atoms with Crippen molar-refractivity contribution >= 4 is 11.8 Å². The third-order valence-electron chi connectivity index (χ3n) is 7.15. The Morgan fingerprint density at radius 3 is 2.76 bits per heavy atom. The molecule has 6 rings (SSSR count). The van der Waals surface area contributed by atoms with Gasteiger partial charge in [0.25, 0.3) is 0 Å². The van der Waals surface area contributed by atoms with Gasteiger partial charge in [0.05, 0.1) is 38.1 Å². The minimum absolute atomic E-state index is 0.202. The Kier molecular flexibility index (Phi) is 6.98. The van der Waals surface area contributed by atoms with Crippen molar-refractivity contribution in [2.75, 3.05) is 44.8 Å². The molecule has 3 aliphatic rings. The predicted octanol–water partition coefficient (Wildman–Crippen LogP) is 0.583. The van der Waals surface area contributed by atoms with E-state index in [0.29, 0.717) is 23.7 Å². The predicted molar refractivity (Wildman–Crippen MR) is 132 cm³/mol. The molecule has 0 saturated carbocycles. The summed E-state index contributed by atoms with van der Waals surface area (Å²) in [5, 5.41) is 24.1. The van der Waals surface area contributed by atoms with Crippen LogP contribution in [0.4, 0.5) is 10.5 Å². The molecule has 0 radical (unpaired) electrons. The largest absolute Gasteiger partial charge is 0.441 e. The van der Waals surface area contributed by atoms with Crippen LogP contribution >= 0.6 is 0 Å². The van der Waals surface area contributed by atoms with Crippen molar-refractivity contribution in [2.45, 2.75) is 30.9 Å². The smallest absolute Gasteiger partial charge is 0.412 e. The Hall–Kier alpha value is -3.89. The van der Waals surface area contributed by atoms with Gasteiger partial charge in [0.15, 0.2) is 11.9 Å². The van der Waals surface area contributed by atoms with Gasteiger partial charge in [-0.15, -0.1) is 5.10 Å². The second-order valence-electron chi connectivity index (χ2n) is 9.61. The third-order valence-corrected chi connectivity index (χ3v) is 7.15. The van der Waals surface area contributed by atoms with E-state index in [0.717, 1.165) is 38.4 Å². The average molecular weight is 519 g/mol. The minimum atomic E-state index is -0.636. The van der Waals surface area contributed by atoms with Gasteiger partial charge in [-0.05, 0) is 28.6 Å². The first kappa shape index (κ1) is 24.4. The maximum atomic E-state index is 12.5. The summed E-state index contributed by atoms with van der Waals surface area (Å²) in [4.78, 5) is 14.0. The van der Waals surface area contributed by atoms with Crippen molar-refractivity contribution in [2.24, 2.45) is 0 Å². The number of benzene rings is 2. The van der Waals surface area contributed by atoms with Gasteiger partial charge in [0, 0.05) is 16.8 Å². The second-order valence-corrected chi connectivity index (χ2v) is 9.61. The summed E-state index contributed by atoms with van der Waals surface area (Å²) in [6, 6.07) is 16.7. The maximum Gasteiger partial charge on any atom is 0.412 e. The molecule has 3 aliphatic heterocycles. The van der Waals surface area contributed by atoms with E-state index in [1.807, 2.05) is 18.2 Å². The molecule has 0 aliphatic carbocycles. The van der Waals surface area contributed by atoms with Gasteiger partial charge in [-0.1, -0.05) is 30.3 Å². The van der Waals surface area contributed by atoms with Crippen molar-refractivity contribution in [3.8, 4) is 17.5 Å². The number of hydrogen-bond acceptors (Lipinski definition) is 9. The van der Waals surface area contributed by atoms with Crippen LogP contribution in [0.5, 0.6) is 0 Å². The highest BCUT2D eigenvalue weighted by molar-refractivity contribution is 5.85. The van der Waals surface area contributed by atoms with E-state index >= 15 is 0 Å². The molecule has 3 saturated heterocycles. The number of nitriles is 1. The van der Waals surface area contributed by atoms with Gasteiger partial charge < -0.3 is 23.8 Å². The van der Waals surface area contributed by atoms with Crippen molar-refractivity contribution in [1.29, 1.82) is 5.26 Å². The quantitative estimate of drug-likeness (QED) is 0.480. The Balaban J connectivity index is 1.09. The summed E-state index contributed by atoms with van der Waals surface area (Å²) in [6.07, 6.45) is -2.01. The van der Waals surface area contributed by atoms with Crippen LogP contribution in [0.15, 0.2) is 48.5 Å². The summed E-state index contributed by atoms with van der Waals surface area (Å²) in [5.74, 6) is 0.632. The highest BCUT2D eigenvalue weighted by atomic mass is 16.6. The fraction of sp³-hybridized carbons (Fsp3) is 0.423. The summed E-state index contributed by atoms with van der Waals surface area (Å²) >= 11 is 0. The molecule has 12 nitrogen and oxygen atoms in total. The van der Waals surface area contributed by atoms with Crippen LogP contribution in [-0.2, 0) is 25.5 Å². The van der Waals surface area contributed by atoms with Gasteiger partial charge in [0.1, 0.15) is 37.9 Å². The lowest BCUT2D eigenvalue weighted by atomic mass is 10.1. The molecule has 0 spiro atoms. The summed E-state index contributed by atoms with van der Waals surface area (Å²) < 4.78 is 24.8. The van der Waals surface area contributed by atoms with Crippen molar-refractivity contribution in [3.05, 3.63) is 59.7 Å². The standard InChI is InChI=1S/C26H27N7O5/c27-13-18-2-1-3-20(12-18)28-26(34)38-22-16-37-23-21(15-36-24(22)23)33-25(29-30-31-33)19-6-4-17(5-7-19)14-32-8-10-35-11-9-32/h1-7,12,21-24H,8-11,14-16H2,(H,28,34)/p+1/t21-,22+,23+,24+/m0/s1. The van der Waals surface area contributed by atoms with E-state index in [2.05, 4.69) is 33.0 Å². The molecule has 3 aromatic rings. The zero-order valence-corrected chi connectivity index (χ0v) is 20.7. The maximum absolute atomic E-state index is 12.5. The first-order chi connectivity index (χ1) is 18.7. The van der Waals surface area contributed by atoms with Crippen LogP contribution in [0.3, 0.4) is 0 Å². The van der Waals surface area contributed by atoms with E-state index in [1.165, 1.54) is 10.5 Å². The molecule has 4 heterocycles. The van der Waals surface area contributed by atoms with Crippen LogP contribution in [-0.4, -0.2) is 84.1 Å². The van der Waals surface area contributed by atoms with Crippen LogP contribution in [0.2, 0.25) is 0 Å². The number of carbonyl (C=O) groups is 1. The number of anilines is 1. The first-order valence-corrected chi connectivity index (χ1v) is 12.7. The lowest BCUT2D eigenvalue weighted by Gasteiger charge is -2.23.